The number of carbonyl (C=O) groups is 1. The molecule has 0 bridgehead atoms. The number of Topliss-reactive ketones (excluding diaryl/α,β-unsaturated/α-hetero) is 1. The van der Waals surface area contributed by atoms with Gasteiger partial charge in [0.25, 0.3) is 5.78 Å². The average molecular weight is 175 g/mol. The summed E-state index contributed by atoms with van der Waals surface area (Å²) >= 11 is 0. The Bertz CT molecular complexity index is 199. The number of hydrogen-bond donors (Lipinski definition) is 4. The number of rotatable bonds is 4. The van der Waals surface area contributed by atoms with Crippen LogP contribution in [0.15, 0.2) is 0 Å². The van der Waals surface area contributed by atoms with E-state index >= 15 is 0 Å². The second-order valence-corrected chi connectivity index (χ2v) is 2.16. The van der Waals surface area contributed by atoms with Crippen LogP contribution in [-0.2, 0) is 4.79 Å². The predicted molar refractivity (Wildman–Crippen MR) is 35.7 cm³/mol. The highest BCUT2D eigenvalue weighted by Gasteiger charge is 2.29. The zero-order chi connectivity index (χ0) is 9.72. The monoisotopic (exact) mass is 175 g/mol. The van der Waals surface area contributed by atoms with Crippen molar-refractivity contribution in [3.63, 3.8) is 0 Å². The minimum atomic E-state index is -1.97. The smallest absolute Gasteiger partial charge is 0.262 e. The Morgan fingerprint density at radius 3 is 2.25 bits per heavy atom. The quantitative estimate of drug-likeness (QED) is 0.341. The summed E-state index contributed by atoms with van der Waals surface area (Å²) in [7, 11) is 0. The zero-order valence-electron chi connectivity index (χ0n) is 6.08. The Labute approximate surface area is 68.3 Å². The minimum absolute atomic E-state index is 0.795. The fourth-order valence-electron chi connectivity index (χ4n) is 0.540. The summed E-state index contributed by atoms with van der Waals surface area (Å²) in [5, 5.41) is 42.7. The molecular weight excluding hydrogens is 166 g/mol. The van der Waals surface area contributed by atoms with Gasteiger partial charge in [-0.05, 0) is 0 Å². The topological polar surface area (TPSA) is 122 Å². The maximum Gasteiger partial charge on any atom is 0.262 e. The highest BCUT2D eigenvalue weighted by molar-refractivity contribution is 5.97. The molecule has 0 saturated heterocycles. The predicted octanol–water partition coefficient (Wildman–Crippen LogP) is -2.85. The highest BCUT2D eigenvalue weighted by Crippen LogP contribution is 2.00. The molecule has 6 heteroatoms. The summed E-state index contributed by atoms with van der Waals surface area (Å²) < 4.78 is 0. The molecule has 3 atom stereocenters. The van der Waals surface area contributed by atoms with Gasteiger partial charge in [0.05, 0.1) is 6.61 Å². The maximum absolute atomic E-state index is 10.4. The largest absolute Gasteiger partial charge is 0.394 e. The first kappa shape index (κ1) is 11.0. The van der Waals surface area contributed by atoms with Crippen molar-refractivity contribution in [1.82, 2.24) is 0 Å². The summed E-state index contributed by atoms with van der Waals surface area (Å²) in [5.41, 5.74) is 0. The van der Waals surface area contributed by atoms with E-state index in [-0.39, 0.29) is 0 Å². The van der Waals surface area contributed by atoms with E-state index in [1.807, 2.05) is 0 Å². The molecule has 0 spiro atoms. The Morgan fingerprint density at radius 2 is 1.92 bits per heavy atom. The molecule has 0 amide bonds. The molecule has 0 saturated carbocycles. The second-order valence-electron chi connectivity index (χ2n) is 2.16. The van der Waals surface area contributed by atoms with Crippen LogP contribution in [0.4, 0.5) is 0 Å². The van der Waals surface area contributed by atoms with Crippen molar-refractivity contribution in [2.24, 2.45) is 0 Å². The van der Waals surface area contributed by atoms with E-state index in [9.17, 15) is 4.79 Å². The fraction of sp³-hybridized carbons (Fsp3) is 0.667. The third-order valence-electron chi connectivity index (χ3n) is 1.28. The fourth-order valence-corrected chi connectivity index (χ4v) is 0.540. The first-order valence-corrected chi connectivity index (χ1v) is 3.13. The Balaban J connectivity index is 4.20. The highest BCUT2D eigenvalue weighted by atomic mass is 16.4. The third-order valence-corrected chi connectivity index (χ3v) is 1.28. The molecule has 68 valence electrons. The summed E-state index contributed by atoms with van der Waals surface area (Å²) in [6, 6.07) is 1.08. The minimum Gasteiger partial charge on any atom is -0.394 e. The second kappa shape index (κ2) is 4.79. The van der Waals surface area contributed by atoms with Gasteiger partial charge in [-0.25, -0.2) is 0 Å². The Kier molecular flexibility index (Phi) is 4.39. The molecule has 4 N–H and O–H groups in total. The normalized spacial score (nSPS) is 17.6. The van der Waals surface area contributed by atoms with Gasteiger partial charge < -0.3 is 20.4 Å². The van der Waals surface area contributed by atoms with Gasteiger partial charge in [-0.2, -0.15) is 5.26 Å². The van der Waals surface area contributed by atoms with Gasteiger partial charge in [-0.1, -0.05) is 0 Å². The SMILES string of the molecule is N#CC(=O)[C@H](O)[C@H](O)[C@H](O)CO. The van der Waals surface area contributed by atoms with E-state index in [1.165, 1.54) is 0 Å². The number of hydrogen-bond acceptors (Lipinski definition) is 6. The molecule has 0 radical (unpaired) electrons. The van der Waals surface area contributed by atoms with Gasteiger partial charge in [0.2, 0.25) is 0 Å². The molecular formula is C6H9NO5. The summed E-state index contributed by atoms with van der Waals surface area (Å²) in [4.78, 5) is 10.4. The maximum atomic E-state index is 10.4. The molecule has 12 heavy (non-hydrogen) atoms. The lowest BCUT2D eigenvalue weighted by molar-refractivity contribution is -0.134. The van der Waals surface area contributed by atoms with Crippen LogP contribution in [0.25, 0.3) is 0 Å². The number of aliphatic hydroxyl groups is 4. The molecule has 0 fully saturated rings. The van der Waals surface area contributed by atoms with E-state index in [0.717, 1.165) is 6.07 Å². The molecule has 0 unspecified atom stereocenters. The van der Waals surface area contributed by atoms with E-state index in [0.29, 0.717) is 0 Å². The van der Waals surface area contributed by atoms with Crippen LogP contribution < -0.4 is 0 Å². The number of aliphatic hydroxyl groups excluding tert-OH is 4. The summed E-state index contributed by atoms with van der Waals surface area (Å²) in [5.74, 6) is -1.25. The van der Waals surface area contributed by atoms with Crippen molar-refractivity contribution >= 4 is 5.78 Å². The molecule has 0 aliphatic heterocycles. The number of nitriles is 1. The van der Waals surface area contributed by atoms with Crippen LogP contribution in [0.5, 0.6) is 0 Å². The molecule has 0 aromatic carbocycles. The number of carbonyl (C=O) groups excluding carboxylic acids is 1. The van der Waals surface area contributed by atoms with Gasteiger partial charge in [-0.3, -0.25) is 4.79 Å². The van der Waals surface area contributed by atoms with Crippen molar-refractivity contribution in [1.29, 1.82) is 5.26 Å². The zero-order valence-corrected chi connectivity index (χ0v) is 6.08. The van der Waals surface area contributed by atoms with Crippen LogP contribution in [-0.4, -0.2) is 51.1 Å². The van der Waals surface area contributed by atoms with Crippen LogP contribution in [0, 0.1) is 11.3 Å². The lowest BCUT2D eigenvalue weighted by Crippen LogP contribution is -2.43. The van der Waals surface area contributed by atoms with E-state index in [2.05, 4.69) is 0 Å². The summed E-state index contributed by atoms with van der Waals surface area (Å²) in [6.45, 7) is -0.795. The van der Waals surface area contributed by atoms with Crippen molar-refractivity contribution in [3.8, 4) is 6.07 Å². The molecule has 0 aromatic heterocycles. The Morgan fingerprint density at radius 1 is 1.42 bits per heavy atom. The molecule has 6 nitrogen and oxygen atoms in total. The van der Waals surface area contributed by atoms with Crippen molar-refractivity contribution in [2.45, 2.75) is 18.3 Å². The van der Waals surface area contributed by atoms with Crippen molar-refractivity contribution in [2.75, 3.05) is 6.61 Å². The average Bonchev–Trinajstić information content (AvgIpc) is 2.12. The number of ketones is 1. The number of nitrogens with zero attached hydrogens (tertiary/aromatic N) is 1. The van der Waals surface area contributed by atoms with Gasteiger partial charge in [0.1, 0.15) is 18.3 Å². The van der Waals surface area contributed by atoms with Crippen molar-refractivity contribution in [3.05, 3.63) is 0 Å². The van der Waals surface area contributed by atoms with Crippen molar-refractivity contribution < 1.29 is 25.2 Å². The lowest BCUT2D eigenvalue weighted by Gasteiger charge is -2.17. The molecule has 0 aromatic rings. The van der Waals surface area contributed by atoms with E-state index in [4.69, 9.17) is 25.7 Å². The molecule has 0 aliphatic rings. The van der Waals surface area contributed by atoms with Gasteiger partial charge in [0.15, 0.2) is 6.10 Å². The lowest BCUT2D eigenvalue weighted by atomic mass is 10.1. The van der Waals surface area contributed by atoms with Crippen LogP contribution in [0.1, 0.15) is 0 Å². The van der Waals surface area contributed by atoms with E-state index in [1.54, 1.807) is 0 Å². The molecule has 0 heterocycles. The summed E-state index contributed by atoms with van der Waals surface area (Å²) in [6.07, 6.45) is -5.43. The molecule has 0 rings (SSSR count). The first-order chi connectivity index (χ1) is 5.54. The first-order valence-electron chi connectivity index (χ1n) is 3.13. The van der Waals surface area contributed by atoms with Gasteiger partial charge in [0, 0.05) is 0 Å². The third kappa shape index (κ3) is 2.56. The standard InChI is InChI=1S/C6H9NO5/c7-1-3(9)5(11)6(12)4(10)2-8/h4-6,8,10-12H,2H2/t4-,5+,6-/m1/s1. The van der Waals surface area contributed by atoms with Crippen LogP contribution in [0.2, 0.25) is 0 Å². The van der Waals surface area contributed by atoms with Crippen LogP contribution >= 0.6 is 0 Å². The molecule has 0 aliphatic carbocycles. The van der Waals surface area contributed by atoms with E-state index < -0.39 is 30.7 Å². The Hall–Kier alpha value is -1.00. The van der Waals surface area contributed by atoms with Gasteiger partial charge in [-0.15, -0.1) is 0 Å². The van der Waals surface area contributed by atoms with Gasteiger partial charge >= 0.3 is 0 Å². The van der Waals surface area contributed by atoms with Crippen LogP contribution in [0.3, 0.4) is 0 Å².